The number of piperidine rings is 1. The molecule has 1 spiro atoms. The summed E-state index contributed by atoms with van der Waals surface area (Å²) in [6.45, 7) is 2.29. The number of hydrogen-bond donors (Lipinski definition) is 1. The molecule has 212 valence electrons. The quantitative estimate of drug-likeness (QED) is 0.380. The number of nitrogens with zero attached hydrogens (tertiary/aromatic N) is 1. The number of benzene rings is 2. The van der Waals surface area contributed by atoms with Gasteiger partial charge in [-0.05, 0) is 91.3 Å². The highest BCUT2D eigenvalue weighted by Gasteiger charge is 2.43. The van der Waals surface area contributed by atoms with E-state index in [0.29, 0.717) is 50.0 Å². The molecule has 0 aromatic heterocycles. The van der Waals surface area contributed by atoms with Crippen molar-refractivity contribution in [3.8, 4) is 5.75 Å². The molecule has 0 radical (unpaired) electrons. The van der Waals surface area contributed by atoms with Gasteiger partial charge in [0.25, 0.3) is 0 Å². The third-order valence-electron chi connectivity index (χ3n) is 8.61. The Morgan fingerprint density at radius 1 is 1.03 bits per heavy atom. The van der Waals surface area contributed by atoms with Crippen molar-refractivity contribution in [2.45, 2.75) is 75.9 Å². The van der Waals surface area contributed by atoms with Crippen LogP contribution in [-0.4, -0.2) is 34.7 Å². The minimum Gasteiger partial charge on any atom is -0.487 e. The van der Waals surface area contributed by atoms with E-state index in [4.69, 9.17) is 4.74 Å². The fourth-order valence-electron chi connectivity index (χ4n) is 6.19. The molecular formula is C29H31F6NO3. The summed E-state index contributed by atoms with van der Waals surface area (Å²) in [6.07, 6.45) is -4.90. The SMILES string of the molecule is C[C@H](C(=O)O)C(c1ccc2c(c1)OC1(CC2)CCN(Cc2cc(C(F)(F)F)ccc2C(F)(F)F)CC1)C1CC1. The van der Waals surface area contributed by atoms with E-state index in [9.17, 15) is 36.2 Å². The standard InChI is InChI=1S/C29H31F6NO3/c1-17(26(37)38)25(19-3-4-19)20-5-2-18-8-9-27(39-24(18)15-20)10-12-36(13-11-27)16-21-14-22(28(30,31)32)6-7-23(21)29(33,34)35/h2,5-7,14-15,17,19,25H,3-4,8-13,16H2,1H3,(H,37,38)/t17-,25?/m0/s1. The number of carboxylic acids is 1. The number of carboxylic acid groups (broad SMARTS) is 1. The lowest BCUT2D eigenvalue weighted by Gasteiger charge is -2.45. The molecule has 0 amide bonds. The van der Waals surface area contributed by atoms with Crippen molar-refractivity contribution in [1.29, 1.82) is 0 Å². The predicted molar refractivity (Wildman–Crippen MR) is 131 cm³/mol. The molecule has 2 atom stereocenters. The lowest BCUT2D eigenvalue weighted by Crippen LogP contribution is -2.49. The van der Waals surface area contributed by atoms with Crippen molar-refractivity contribution in [1.82, 2.24) is 4.90 Å². The Morgan fingerprint density at radius 3 is 2.31 bits per heavy atom. The van der Waals surface area contributed by atoms with Crippen molar-refractivity contribution >= 4 is 5.97 Å². The number of alkyl halides is 6. The summed E-state index contributed by atoms with van der Waals surface area (Å²) in [5.74, 6) is -0.371. The van der Waals surface area contributed by atoms with E-state index in [1.165, 1.54) is 0 Å². The van der Waals surface area contributed by atoms with Gasteiger partial charge in [0, 0.05) is 19.6 Å². The molecule has 39 heavy (non-hydrogen) atoms. The number of carbonyl (C=O) groups is 1. The number of halogens is 6. The van der Waals surface area contributed by atoms with Gasteiger partial charge in [-0.2, -0.15) is 26.3 Å². The topological polar surface area (TPSA) is 49.8 Å². The van der Waals surface area contributed by atoms with Gasteiger partial charge in [-0.1, -0.05) is 19.1 Å². The van der Waals surface area contributed by atoms with Gasteiger partial charge >= 0.3 is 18.3 Å². The summed E-state index contributed by atoms with van der Waals surface area (Å²) >= 11 is 0. The first kappa shape index (κ1) is 27.8. The molecule has 4 nitrogen and oxygen atoms in total. The highest BCUT2D eigenvalue weighted by molar-refractivity contribution is 5.71. The Bertz CT molecular complexity index is 1230. The molecule has 0 bridgehead atoms. The molecule has 1 saturated heterocycles. The average Bonchev–Trinajstić information content (AvgIpc) is 3.69. The van der Waals surface area contributed by atoms with Gasteiger partial charge < -0.3 is 9.84 Å². The molecule has 1 saturated carbocycles. The average molecular weight is 556 g/mol. The van der Waals surface area contributed by atoms with Crippen molar-refractivity contribution in [3.63, 3.8) is 0 Å². The number of ether oxygens (including phenoxy) is 1. The molecule has 2 aromatic carbocycles. The highest BCUT2D eigenvalue weighted by atomic mass is 19.4. The van der Waals surface area contributed by atoms with Crippen LogP contribution < -0.4 is 4.74 Å². The van der Waals surface area contributed by atoms with Gasteiger partial charge in [-0.25, -0.2) is 0 Å². The lowest BCUT2D eigenvalue weighted by molar-refractivity contribution is -0.142. The first-order valence-electron chi connectivity index (χ1n) is 13.3. The summed E-state index contributed by atoms with van der Waals surface area (Å²) in [6, 6.07) is 7.56. The minimum absolute atomic E-state index is 0.0913. The van der Waals surface area contributed by atoms with Crippen LogP contribution in [0.15, 0.2) is 36.4 Å². The van der Waals surface area contributed by atoms with Gasteiger partial charge in [-0.3, -0.25) is 9.69 Å². The monoisotopic (exact) mass is 555 g/mol. The molecule has 1 unspecified atom stereocenters. The number of rotatable bonds is 6. The fraction of sp³-hybridized carbons (Fsp3) is 0.552. The molecule has 5 rings (SSSR count). The third kappa shape index (κ3) is 5.90. The zero-order chi connectivity index (χ0) is 28.2. The second-order valence-electron chi connectivity index (χ2n) is 11.3. The first-order chi connectivity index (χ1) is 18.3. The Morgan fingerprint density at radius 2 is 1.72 bits per heavy atom. The number of hydrogen-bond acceptors (Lipinski definition) is 3. The first-order valence-corrected chi connectivity index (χ1v) is 13.3. The van der Waals surface area contributed by atoms with E-state index < -0.39 is 41.0 Å². The molecule has 2 fully saturated rings. The van der Waals surface area contributed by atoms with Crippen LogP contribution in [0.5, 0.6) is 5.75 Å². The Labute approximate surface area is 222 Å². The number of aryl methyl sites for hydroxylation is 1. The second kappa shape index (κ2) is 10.0. The van der Waals surface area contributed by atoms with Crippen molar-refractivity contribution in [2.75, 3.05) is 13.1 Å². The van der Waals surface area contributed by atoms with Crippen molar-refractivity contribution < 1.29 is 41.0 Å². The minimum atomic E-state index is -4.75. The van der Waals surface area contributed by atoms with Crippen LogP contribution in [0.4, 0.5) is 26.3 Å². The molecule has 2 aromatic rings. The van der Waals surface area contributed by atoms with Crippen LogP contribution in [0.1, 0.15) is 72.8 Å². The summed E-state index contributed by atoms with van der Waals surface area (Å²) < 4.78 is 86.8. The van der Waals surface area contributed by atoms with Crippen molar-refractivity contribution in [3.05, 3.63) is 64.2 Å². The van der Waals surface area contributed by atoms with E-state index in [-0.39, 0.29) is 18.0 Å². The summed E-state index contributed by atoms with van der Waals surface area (Å²) in [7, 11) is 0. The van der Waals surface area contributed by atoms with Gasteiger partial charge in [0.1, 0.15) is 11.4 Å². The zero-order valence-electron chi connectivity index (χ0n) is 21.5. The molecule has 2 heterocycles. The Balaban J connectivity index is 1.30. The number of likely N-dealkylation sites (tertiary alicyclic amines) is 1. The fourth-order valence-corrected chi connectivity index (χ4v) is 6.19. The predicted octanol–water partition coefficient (Wildman–Crippen LogP) is 7.30. The van der Waals surface area contributed by atoms with Crippen LogP contribution in [0.3, 0.4) is 0 Å². The largest absolute Gasteiger partial charge is 0.487 e. The number of aliphatic carboxylic acids is 1. The van der Waals surface area contributed by atoms with Crippen LogP contribution in [0, 0.1) is 11.8 Å². The summed E-state index contributed by atoms with van der Waals surface area (Å²) in [5.41, 5.74) is -1.04. The molecular weight excluding hydrogens is 524 g/mol. The highest BCUT2D eigenvalue weighted by Crippen LogP contribution is 2.49. The van der Waals surface area contributed by atoms with Gasteiger partial charge in [-0.15, -0.1) is 0 Å². The summed E-state index contributed by atoms with van der Waals surface area (Å²) in [4.78, 5) is 13.5. The Kier molecular flexibility index (Phi) is 7.14. The normalized spacial score (nSPS) is 21.2. The van der Waals surface area contributed by atoms with Gasteiger partial charge in [0.2, 0.25) is 0 Å². The van der Waals surface area contributed by atoms with Gasteiger partial charge in [0.05, 0.1) is 17.0 Å². The third-order valence-corrected chi connectivity index (χ3v) is 8.61. The lowest BCUT2D eigenvalue weighted by atomic mass is 9.80. The van der Waals surface area contributed by atoms with E-state index in [0.717, 1.165) is 42.6 Å². The van der Waals surface area contributed by atoms with Crippen LogP contribution in [0.2, 0.25) is 0 Å². The van der Waals surface area contributed by atoms with Crippen LogP contribution in [-0.2, 0) is 30.1 Å². The smallest absolute Gasteiger partial charge is 0.416 e. The van der Waals surface area contributed by atoms with Gasteiger partial charge in [0.15, 0.2) is 0 Å². The molecule has 2 aliphatic heterocycles. The maximum atomic E-state index is 13.5. The van der Waals surface area contributed by atoms with E-state index >= 15 is 0 Å². The van der Waals surface area contributed by atoms with Crippen LogP contribution in [0.25, 0.3) is 0 Å². The second-order valence-corrected chi connectivity index (χ2v) is 11.3. The number of fused-ring (bicyclic) bond motifs is 1. The maximum absolute atomic E-state index is 13.5. The summed E-state index contributed by atoms with van der Waals surface area (Å²) in [5, 5.41) is 9.62. The molecule has 1 N–H and O–H groups in total. The molecule has 10 heteroatoms. The van der Waals surface area contributed by atoms with E-state index in [1.54, 1.807) is 11.8 Å². The van der Waals surface area contributed by atoms with E-state index in [1.807, 2.05) is 18.2 Å². The molecule has 3 aliphatic rings. The van der Waals surface area contributed by atoms with E-state index in [2.05, 4.69) is 0 Å². The maximum Gasteiger partial charge on any atom is 0.416 e. The zero-order valence-corrected chi connectivity index (χ0v) is 21.5. The molecule has 1 aliphatic carbocycles. The van der Waals surface area contributed by atoms with Crippen LogP contribution >= 0.6 is 0 Å². The van der Waals surface area contributed by atoms with Crippen molar-refractivity contribution in [2.24, 2.45) is 11.8 Å². The Hall–Kier alpha value is -2.75.